The van der Waals surface area contributed by atoms with Crippen molar-refractivity contribution < 1.29 is 13.2 Å². The lowest BCUT2D eigenvalue weighted by atomic mass is 10.3. The van der Waals surface area contributed by atoms with Crippen molar-refractivity contribution in [1.29, 1.82) is 0 Å². The van der Waals surface area contributed by atoms with Crippen molar-refractivity contribution in [2.45, 2.75) is 18.2 Å². The Balaban J connectivity index is 1.82. The summed E-state index contributed by atoms with van der Waals surface area (Å²) in [5.41, 5.74) is 1.46. The molecule has 1 heterocycles. The maximum absolute atomic E-state index is 12.9. The predicted molar refractivity (Wildman–Crippen MR) is 109 cm³/mol. The second kappa shape index (κ2) is 8.21. The number of hydrogen-bond donors (Lipinski definition) is 0. The highest BCUT2D eigenvalue weighted by Gasteiger charge is 2.24. The van der Waals surface area contributed by atoms with Crippen LogP contribution in [0.3, 0.4) is 0 Å². The van der Waals surface area contributed by atoms with Crippen LogP contribution in [0.1, 0.15) is 12.1 Å². The fraction of sp³-hybridized carbons (Fsp3) is 0.158. The van der Waals surface area contributed by atoms with E-state index in [0.717, 1.165) is 5.69 Å². The Morgan fingerprint density at radius 2 is 1.78 bits per heavy atom. The van der Waals surface area contributed by atoms with Gasteiger partial charge in [-0.3, -0.25) is 9.69 Å². The first-order valence-corrected chi connectivity index (χ1v) is 11.1. The van der Waals surface area contributed by atoms with Crippen LogP contribution in [0.5, 0.6) is 0 Å². The fourth-order valence-electron chi connectivity index (χ4n) is 2.48. The lowest BCUT2D eigenvalue weighted by molar-refractivity contribution is -0.117. The van der Waals surface area contributed by atoms with Crippen molar-refractivity contribution in [3.63, 3.8) is 0 Å². The molecule has 0 saturated heterocycles. The lowest BCUT2D eigenvalue weighted by Gasteiger charge is -2.20. The number of sulfone groups is 1. The zero-order valence-electron chi connectivity index (χ0n) is 14.5. The number of para-hydroxylation sites is 1. The second-order valence-corrected chi connectivity index (χ2v) is 9.24. The number of halogens is 1. The van der Waals surface area contributed by atoms with Gasteiger partial charge in [0.05, 0.1) is 22.0 Å². The maximum Gasteiger partial charge on any atom is 0.234 e. The van der Waals surface area contributed by atoms with E-state index < -0.39 is 9.84 Å². The molecule has 0 fully saturated rings. The van der Waals surface area contributed by atoms with E-state index in [1.165, 1.54) is 40.5 Å². The molecule has 0 aliphatic carbocycles. The Labute approximate surface area is 167 Å². The molecule has 0 aliphatic heterocycles. The molecule has 0 saturated carbocycles. The van der Waals surface area contributed by atoms with Crippen molar-refractivity contribution in [2.24, 2.45) is 0 Å². The van der Waals surface area contributed by atoms with E-state index in [2.05, 4.69) is 4.98 Å². The van der Waals surface area contributed by atoms with Gasteiger partial charge in [-0.25, -0.2) is 13.4 Å². The molecule has 8 heteroatoms. The van der Waals surface area contributed by atoms with Crippen LogP contribution < -0.4 is 4.90 Å². The van der Waals surface area contributed by atoms with Gasteiger partial charge in [0.15, 0.2) is 15.0 Å². The average Bonchev–Trinajstić information content (AvgIpc) is 3.07. The van der Waals surface area contributed by atoms with Crippen molar-refractivity contribution in [1.82, 2.24) is 4.98 Å². The molecule has 0 bridgehead atoms. The molecule has 0 atom stereocenters. The molecule has 2 aromatic carbocycles. The Morgan fingerprint density at radius 3 is 2.37 bits per heavy atom. The third-order valence-electron chi connectivity index (χ3n) is 3.82. The van der Waals surface area contributed by atoms with E-state index in [9.17, 15) is 13.2 Å². The van der Waals surface area contributed by atoms with Gasteiger partial charge in [-0.1, -0.05) is 29.8 Å². The van der Waals surface area contributed by atoms with Crippen LogP contribution in [0.15, 0.2) is 64.9 Å². The number of thiazole rings is 1. The summed E-state index contributed by atoms with van der Waals surface area (Å²) in [6.45, 7) is 1.85. The number of aryl methyl sites for hydroxylation is 1. The van der Waals surface area contributed by atoms with Crippen LogP contribution in [0.25, 0.3) is 0 Å². The molecular formula is C19H17ClN2O3S2. The molecule has 0 aliphatic rings. The summed E-state index contributed by atoms with van der Waals surface area (Å²) >= 11 is 7.15. The minimum absolute atomic E-state index is 0.149. The number of benzene rings is 2. The van der Waals surface area contributed by atoms with Crippen LogP contribution in [0.2, 0.25) is 5.02 Å². The minimum atomic E-state index is -3.59. The first-order chi connectivity index (χ1) is 12.9. The summed E-state index contributed by atoms with van der Waals surface area (Å²) in [6.07, 6.45) is -0.154. The number of aromatic nitrogens is 1. The summed E-state index contributed by atoms with van der Waals surface area (Å²) in [5.74, 6) is -0.616. The predicted octanol–water partition coefficient (Wildman–Crippen LogP) is 4.63. The number of nitrogens with zero attached hydrogens (tertiary/aromatic N) is 2. The van der Waals surface area contributed by atoms with Crippen LogP contribution >= 0.6 is 22.9 Å². The number of carbonyl (C=O) groups excluding carboxylic acids is 1. The molecule has 5 nitrogen and oxygen atoms in total. The zero-order chi connectivity index (χ0) is 19.4. The molecule has 0 unspecified atom stereocenters. The minimum Gasteiger partial charge on any atom is -0.274 e. The molecule has 27 heavy (non-hydrogen) atoms. The molecule has 3 aromatic rings. The van der Waals surface area contributed by atoms with Crippen LogP contribution in [-0.4, -0.2) is 25.1 Å². The van der Waals surface area contributed by atoms with E-state index in [1.54, 1.807) is 12.1 Å². The number of hydrogen-bond acceptors (Lipinski definition) is 5. The summed E-state index contributed by atoms with van der Waals surface area (Å²) in [6, 6.07) is 15.0. The van der Waals surface area contributed by atoms with E-state index in [0.29, 0.717) is 15.8 Å². The van der Waals surface area contributed by atoms with E-state index in [4.69, 9.17) is 11.6 Å². The first-order valence-electron chi connectivity index (χ1n) is 8.15. The SMILES string of the molecule is Cc1csc(N(C(=O)CCS(=O)(=O)c2ccc(Cl)cc2)c2ccccc2)n1. The van der Waals surface area contributed by atoms with Crippen molar-refractivity contribution in [2.75, 3.05) is 10.7 Å². The molecule has 0 spiro atoms. The van der Waals surface area contributed by atoms with E-state index in [1.807, 2.05) is 30.5 Å². The van der Waals surface area contributed by atoms with Crippen LogP contribution in [0.4, 0.5) is 10.8 Å². The fourth-order valence-corrected chi connectivity index (χ4v) is 4.67. The Hall–Kier alpha value is -2.22. The molecule has 1 amide bonds. The normalized spacial score (nSPS) is 11.3. The van der Waals surface area contributed by atoms with Gasteiger partial charge in [-0.05, 0) is 43.3 Å². The Kier molecular flexibility index (Phi) is 5.94. The van der Waals surface area contributed by atoms with Gasteiger partial charge in [-0.15, -0.1) is 11.3 Å². The van der Waals surface area contributed by atoms with Gasteiger partial charge in [0.1, 0.15) is 0 Å². The molecule has 140 valence electrons. The monoisotopic (exact) mass is 420 g/mol. The quantitative estimate of drug-likeness (QED) is 0.582. The highest BCUT2D eigenvalue weighted by atomic mass is 35.5. The second-order valence-electron chi connectivity index (χ2n) is 5.86. The third-order valence-corrected chi connectivity index (χ3v) is 6.75. The van der Waals surface area contributed by atoms with Gasteiger partial charge >= 0.3 is 0 Å². The maximum atomic E-state index is 12.9. The van der Waals surface area contributed by atoms with Gasteiger partial charge in [0, 0.05) is 16.8 Å². The summed E-state index contributed by atoms with van der Waals surface area (Å²) in [5, 5.41) is 2.83. The first kappa shape index (κ1) is 19.5. The highest BCUT2D eigenvalue weighted by Crippen LogP contribution is 2.29. The summed E-state index contributed by atoms with van der Waals surface area (Å²) in [4.78, 5) is 18.9. The number of carbonyl (C=O) groups is 1. The standard InChI is InChI=1S/C19H17ClN2O3S2/c1-14-13-26-19(21-14)22(16-5-3-2-4-6-16)18(23)11-12-27(24,25)17-9-7-15(20)8-10-17/h2-10,13H,11-12H2,1H3. The van der Waals surface area contributed by atoms with Crippen molar-refractivity contribution in [3.8, 4) is 0 Å². The molecule has 0 radical (unpaired) electrons. The van der Waals surface area contributed by atoms with Gasteiger partial charge in [-0.2, -0.15) is 0 Å². The van der Waals surface area contributed by atoms with E-state index >= 15 is 0 Å². The van der Waals surface area contributed by atoms with Gasteiger partial charge in [0.25, 0.3) is 0 Å². The largest absolute Gasteiger partial charge is 0.274 e. The lowest BCUT2D eigenvalue weighted by Crippen LogP contribution is -2.27. The molecular weight excluding hydrogens is 404 g/mol. The number of rotatable bonds is 6. The summed E-state index contributed by atoms with van der Waals surface area (Å²) in [7, 11) is -3.59. The highest BCUT2D eigenvalue weighted by molar-refractivity contribution is 7.91. The van der Waals surface area contributed by atoms with Crippen molar-refractivity contribution in [3.05, 3.63) is 70.7 Å². The third kappa shape index (κ3) is 4.74. The molecule has 3 rings (SSSR count). The summed E-state index contributed by atoms with van der Waals surface area (Å²) < 4.78 is 25.0. The van der Waals surface area contributed by atoms with Crippen molar-refractivity contribution >= 4 is 49.5 Å². The molecule has 0 N–H and O–H groups in total. The van der Waals surface area contributed by atoms with Crippen LogP contribution in [-0.2, 0) is 14.6 Å². The average molecular weight is 421 g/mol. The van der Waals surface area contributed by atoms with E-state index in [-0.39, 0.29) is 23.0 Å². The topological polar surface area (TPSA) is 67.3 Å². The molecule has 1 aromatic heterocycles. The smallest absolute Gasteiger partial charge is 0.234 e. The number of amides is 1. The van der Waals surface area contributed by atoms with Crippen LogP contribution in [0, 0.1) is 6.92 Å². The van der Waals surface area contributed by atoms with Gasteiger partial charge < -0.3 is 0 Å². The number of anilines is 2. The Bertz CT molecular complexity index is 1030. The zero-order valence-corrected chi connectivity index (χ0v) is 16.9. The Morgan fingerprint density at radius 1 is 1.11 bits per heavy atom. The van der Waals surface area contributed by atoms with Gasteiger partial charge in [0.2, 0.25) is 5.91 Å².